The molecule has 2 heterocycles. The fraction of sp³-hybridized carbons (Fsp3) is 0.396. The molecule has 0 bridgehead atoms. The fourth-order valence-corrected chi connectivity index (χ4v) is 8.25. The summed E-state index contributed by atoms with van der Waals surface area (Å²) in [6, 6.07) is 8.04. The lowest BCUT2D eigenvalue weighted by Gasteiger charge is -2.45. The van der Waals surface area contributed by atoms with E-state index in [1.54, 1.807) is 6.92 Å². The molecule has 0 radical (unpaired) electrons. The van der Waals surface area contributed by atoms with E-state index in [2.05, 4.69) is 108 Å². The summed E-state index contributed by atoms with van der Waals surface area (Å²) in [6.45, 7) is 33.4. The number of allylic oxidation sites excluding steroid dienone is 9. The Morgan fingerprint density at radius 2 is 1.77 bits per heavy atom. The summed E-state index contributed by atoms with van der Waals surface area (Å²) in [6.07, 6.45) is 18.7. The van der Waals surface area contributed by atoms with Gasteiger partial charge in [0.2, 0.25) is 0 Å². The summed E-state index contributed by atoms with van der Waals surface area (Å²) < 4.78 is 15.6. The smallest absolute Gasteiger partial charge is 0.136 e. The van der Waals surface area contributed by atoms with Gasteiger partial charge in [-0.05, 0) is 94.9 Å². The van der Waals surface area contributed by atoms with E-state index in [4.69, 9.17) is 10.7 Å². The molecule has 4 aliphatic rings. The molecule has 2 aliphatic carbocycles. The van der Waals surface area contributed by atoms with E-state index in [0.29, 0.717) is 23.7 Å². The molecule has 2 aliphatic heterocycles. The lowest BCUT2D eigenvalue weighted by atomic mass is 9.81. The van der Waals surface area contributed by atoms with Gasteiger partial charge in [-0.15, -0.1) is 0 Å². The number of rotatable bonds is 16. The third kappa shape index (κ3) is 10.3. The minimum absolute atomic E-state index is 0.203. The zero-order valence-electron chi connectivity index (χ0n) is 34.8. The van der Waals surface area contributed by atoms with E-state index in [9.17, 15) is 0 Å². The number of benzene rings is 1. The van der Waals surface area contributed by atoms with Crippen molar-refractivity contribution in [2.24, 2.45) is 20.7 Å². The number of nitrogens with zero attached hydrogens (tertiary/aromatic N) is 5. The molecule has 2 atom stereocenters. The van der Waals surface area contributed by atoms with Crippen LogP contribution in [0.15, 0.2) is 159 Å². The molecule has 57 heavy (non-hydrogen) atoms. The van der Waals surface area contributed by atoms with Gasteiger partial charge in [0, 0.05) is 72.6 Å². The number of anilines is 1. The number of nitrogens with one attached hydrogen (secondary N) is 2. The summed E-state index contributed by atoms with van der Waals surface area (Å²) in [7, 11) is 1.83. The summed E-state index contributed by atoms with van der Waals surface area (Å²) in [4.78, 5) is 17.9. The molecule has 1 unspecified atom stereocenters. The Balaban J connectivity index is 1.15. The molecule has 9 heteroatoms. The lowest BCUT2D eigenvalue weighted by Crippen LogP contribution is -2.53. The van der Waals surface area contributed by atoms with E-state index >= 15 is 4.39 Å². The highest BCUT2D eigenvalue weighted by molar-refractivity contribution is 6.06. The molecular weight excluding hydrogens is 708 g/mol. The van der Waals surface area contributed by atoms with Gasteiger partial charge >= 0.3 is 0 Å². The molecule has 8 nitrogen and oxygen atoms in total. The van der Waals surface area contributed by atoms with Crippen LogP contribution in [0, 0.1) is 0 Å². The van der Waals surface area contributed by atoms with E-state index < -0.39 is 5.67 Å². The van der Waals surface area contributed by atoms with Crippen LogP contribution in [-0.2, 0) is 6.42 Å². The number of hydrogen-bond acceptors (Lipinski definition) is 7. The molecule has 0 saturated carbocycles. The largest absolute Gasteiger partial charge is 0.383 e. The molecule has 0 spiro atoms. The number of aryl methyl sites for hydroxylation is 1. The third-order valence-electron chi connectivity index (χ3n) is 11.6. The number of amidine groups is 1. The van der Waals surface area contributed by atoms with Gasteiger partial charge in [0.25, 0.3) is 0 Å². The molecular formula is C48H63FN8. The van der Waals surface area contributed by atoms with Crippen LogP contribution in [0.25, 0.3) is 0 Å². The Kier molecular flexibility index (Phi) is 14.0. The highest BCUT2D eigenvalue weighted by atomic mass is 19.1. The molecule has 2 saturated heterocycles. The van der Waals surface area contributed by atoms with Gasteiger partial charge in [0.1, 0.15) is 17.3 Å². The predicted molar refractivity (Wildman–Crippen MR) is 241 cm³/mol. The van der Waals surface area contributed by atoms with Crippen molar-refractivity contribution in [2.75, 3.05) is 38.5 Å². The number of hydrogen-bond donors (Lipinski definition) is 3. The highest BCUT2D eigenvalue weighted by Gasteiger charge is 2.43. The van der Waals surface area contributed by atoms with Crippen LogP contribution in [0.1, 0.15) is 71.3 Å². The van der Waals surface area contributed by atoms with E-state index in [1.165, 1.54) is 5.56 Å². The summed E-state index contributed by atoms with van der Waals surface area (Å²) in [5.41, 5.74) is 15.5. The second kappa shape index (κ2) is 18.7. The monoisotopic (exact) mass is 771 g/mol. The van der Waals surface area contributed by atoms with Crippen LogP contribution in [0.3, 0.4) is 0 Å². The number of piperidine rings is 1. The molecule has 302 valence electrons. The first-order valence-electron chi connectivity index (χ1n) is 20.1. The maximum absolute atomic E-state index is 15.6. The lowest BCUT2D eigenvalue weighted by molar-refractivity contribution is 0.195. The molecule has 0 aromatic heterocycles. The first-order chi connectivity index (χ1) is 27.2. The second-order valence-corrected chi connectivity index (χ2v) is 16.0. The highest BCUT2D eigenvalue weighted by Crippen LogP contribution is 2.37. The van der Waals surface area contributed by atoms with Gasteiger partial charge in [0.05, 0.1) is 24.7 Å². The van der Waals surface area contributed by atoms with Crippen LogP contribution >= 0.6 is 0 Å². The van der Waals surface area contributed by atoms with Crippen molar-refractivity contribution >= 4 is 24.0 Å². The summed E-state index contributed by atoms with van der Waals surface area (Å²) in [5, 5.41) is 7.24. The third-order valence-corrected chi connectivity index (χ3v) is 11.6. The maximum atomic E-state index is 15.6. The van der Waals surface area contributed by atoms with E-state index in [-0.39, 0.29) is 24.7 Å². The molecule has 2 fully saturated rings. The first kappa shape index (κ1) is 42.7. The number of alkyl halides is 1. The van der Waals surface area contributed by atoms with E-state index in [0.717, 1.165) is 109 Å². The Hall–Kier alpha value is -5.44. The Morgan fingerprint density at radius 1 is 1.07 bits per heavy atom. The number of aliphatic imine (C=N–C) groups is 3. The average molecular weight is 771 g/mol. The van der Waals surface area contributed by atoms with Crippen LogP contribution in [0.5, 0.6) is 0 Å². The minimum atomic E-state index is -1.40. The zero-order chi connectivity index (χ0) is 41.3. The quantitative estimate of drug-likeness (QED) is 0.0885. The zero-order valence-corrected chi connectivity index (χ0v) is 34.8. The summed E-state index contributed by atoms with van der Waals surface area (Å²) >= 11 is 0. The Morgan fingerprint density at radius 3 is 2.40 bits per heavy atom. The van der Waals surface area contributed by atoms with Crippen molar-refractivity contribution in [1.29, 1.82) is 0 Å². The van der Waals surface area contributed by atoms with Crippen molar-refractivity contribution < 1.29 is 4.39 Å². The van der Waals surface area contributed by atoms with Gasteiger partial charge in [0.15, 0.2) is 0 Å². The topological polar surface area (TPSA) is 93.6 Å². The van der Waals surface area contributed by atoms with Gasteiger partial charge in [-0.2, -0.15) is 0 Å². The van der Waals surface area contributed by atoms with Crippen LogP contribution in [-0.4, -0.2) is 78.5 Å². The predicted octanol–water partition coefficient (Wildman–Crippen LogP) is 9.45. The van der Waals surface area contributed by atoms with Crippen LogP contribution < -0.4 is 16.4 Å². The van der Waals surface area contributed by atoms with Gasteiger partial charge in [-0.3, -0.25) is 9.98 Å². The Labute approximate surface area is 341 Å². The average Bonchev–Trinajstić information content (AvgIpc) is 3.80. The standard InChI is InChI=1S/C48H63FN8/c1-11-15-41(40-17-13-12-16-34(40)4)45(50)53-31-36(6)57-32-47(8,49)30-44(57)37(7)54-39-24-22-38(23-25-39)21-20-35(5)55-48(33(2)3)26-28-56(29-27-48)46(52-10)42-18-14-19-43(42)51-9/h11,13-15,17-18,22-25,44,54-55H,2,4-7,10,12,16,19-21,26-32H2,1,3,8-9H3,(H2,50,53)/b15-11-,41-40+,46-42+,51-43?/t44-,47?/m0/s1. The minimum Gasteiger partial charge on any atom is -0.383 e. The normalized spacial score (nSPS) is 24.6. The fourth-order valence-electron chi connectivity index (χ4n) is 8.25. The molecule has 5 rings (SSSR count). The maximum Gasteiger partial charge on any atom is 0.136 e. The van der Waals surface area contributed by atoms with Crippen molar-refractivity contribution in [3.63, 3.8) is 0 Å². The molecule has 0 amide bonds. The van der Waals surface area contributed by atoms with E-state index in [1.807, 2.05) is 43.2 Å². The molecule has 1 aromatic carbocycles. The van der Waals surface area contributed by atoms with Crippen LogP contribution in [0.4, 0.5) is 10.1 Å². The van der Waals surface area contributed by atoms with Crippen LogP contribution in [0.2, 0.25) is 0 Å². The molecule has 1 aromatic rings. The van der Waals surface area contributed by atoms with Crippen molar-refractivity contribution in [2.45, 2.75) is 89.4 Å². The van der Waals surface area contributed by atoms with Gasteiger partial charge in [-0.1, -0.05) is 87.1 Å². The van der Waals surface area contributed by atoms with Gasteiger partial charge < -0.3 is 26.2 Å². The second-order valence-electron chi connectivity index (χ2n) is 16.0. The number of likely N-dealkylation sites (tertiary alicyclic amines) is 2. The molecule has 4 N–H and O–H groups in total. The van der Waals surface area contributed by atoms with Crippen molar-refractivity contribution in [3.8, 4) is 0 Å². The van der Waals surface area contributed by atoms with Crippen molar-refractivity contribution in [3.05, 3.63) is 150 Å². The van der Waals surface area contributed by atoms with Crippen molar-refractivity contribution in [1.82, 2.24) is 15.1 Å². The SMILES string of the molecule is C=N/C(=C1/C=CCC1=NC)N1CCC(NC(=C)CCc2ccc(NC(=C)[C@@H]3CC(C)(F)CN3C(=C)CN=C(N)C(/C=C\C)=C3\C=CCCC3=C)cc2)(C(=C)C)CC1. The number of nitrogens with two attached hydrogens (primary N) is 1. The first-order valence-corrected chi connectivity index (χ1v) is 20.1. The van der Waals surface area contributed by atoms with Gasteiger partial charge in [-0.25, -0.2) is 9.38 Å². The Bertz CT molecular complexity index is 1970. The number of halogens is 1. The summed E-state index contributed by atoms with van der Waals surface area (Å²) in [5.74, 6) is 1.32.